The van der Waals surface area contributed by atoms with Gasteiger partial charge in [-0.1, -0.05) is 0 Å². The van der Waals surface area contributed by atoms with Gasteiger partial charge in [0.2, 0.25) is 5.91 Å². The number of alkyl halides is 3. The molecule has 0 radical (unpaired) electrons. The summed E-state index contributed by atoms with van der Waals surface area (Å²) in [7, 11) is 0. The Morgan fingerprint density at radius 2 is 1.77 bits per heavy atom. The average Bonchev–Trinajstić information content (AvgIpc) is 2.37. The predicted octanol–water partition coefficient (Wildman–Crippen LogP) is 1.82. The van der Waals surface area contributed by atoms with E-state index in [9.17, 15) is 18.0 Å². The number of anilines is 1. The summed E-state index contributed by atoms with van der Waals surface area (Å²) < 4.78 is 39.8. The lowest BCUT2D eigenvalue weighted by atomic mass is 9.93. The summed E-state index contributed by atoms with van der Waals surface area (Å²) in [4.78, 5) is 15.1. The fourth-order valence-corrected chi connectivity index (χ4v) is 1.29. The third-order valence-electron chi connectivity index (χ3n) is 2.67. The van der Waals surface area contributed by atoms with E-state index in [1.165, 1.54) is 12.1 Å². The van der Waals surface area contributed by atoms with Crippen LogP contribution in [0.3, 0.4) is 0 Å². The van der Waals surface area contributed by atoms with Crippen LogP contribution in [0.1, 0.15) is 13.8 Å². The van der Waals surface area contributed by atoms with Gasteiger partial charge in [0.15, 0.2) is 5.96 Å². The molecule has 0 bridgehead atoms. The molecule has 5 N–H and O–H groups in total. The number of nitrogens with one attached hydrogen (secondary N) is 1. The van der Waals surface area contributed by atoms with Gasteiger partial charge in [-0.3, -0.25) is 9.79 Å². The smallest absolute Gasteiger partial charge is 0.406 e. The van der Waals surface area contributed by atoms with E-state index in [0.717, 1.165) is 12.1 Å². The summed E-state index contributed by atoms with van der Waals surface area (Å²) in [6, 6.07) is 4.97. The second-order valence-corrected chi connectivity index (χ2v) is 5.15. The van der Waals surface area contributed by atoms with Crippen molar-refractivity contribution in [2.45, 2.75) is 20.2 Å². The molecule has 122 valence electrons. The molecule has 9 heteroatoms. The summed E-state index contributed by atoms with van der Waals surface area (Å²) in [6.45, 7) is 3.32. The van der Waals surface area contributed by atoms with E-state index < -0.39 is 17.7 Å². The minimum Gasteiger partial charge on any atom is -0.406 e. The number of carbonyl (C=O) groups excluding carboxylic acids is 1. The number of rotatable bonds is 5. The van der Waals surface area contributed by atoms with Crippen molar-refractivity contribution in [3.63, 3.8) is 0 Å². The van der Waals surface area contributed by atoms with Crippen LogP contribution in [0.15, 0.2) is 29.3 Å². The van der Waals surface area contributed by atoms with E-state index >= 15 is 0 Å². The summed E-state index contributed by atoms with van der Waals surface area (Å²) in [5, 5.41) is 2.68. The molecular weight excluding hydrogens is 301 g/mol. The van der Waals surface area contributed by atoms with Crippen molar-refractivity contribution in [1.82, 2.24) is 0 Å². The lowest BCUT2D eigenvalue weighted by molar-refractivity contribution is -0.274. The molecule has 0 aliphatic rings. The van der Waals surface area contributed by atoms with E-state index in [4.69, 9.17) is 11.5 Å². The number of carbonyl (C=O) groups is 1. The number of nitrogens with zero attached hydrogens (tertiary/aromatic N) is 1. The normalized spacial score (nSPS) is 12.9. The predicted molar refractivity (Wildman–Crippen MR) is 76.2 cm³/mol. The lowest BCUT2D eigenvalue weighted by Crippen LogP contribution is -2.35. The second kappa shape index (κ2) is 6.54. The fraction of sp³-hybridized carbons (Fsp3) is 0.385. The van der Waals surface area contributed by atoms with Crippen molar-refractivity contribution < 1.29 is 22.7 Å². The molecule has 0 aromatic heterocycles. The Balaban J connectivity index is 2.65. The van der Waals surface area contributed by atoms with E-state index in [1.807, 2.05) is 0 Å². The van der Waals surface area contributed by atoms with Crippen LogP contribution >= 0.6 is 0 Å². The first-order chi connectivity index (χ1) is 9.99. The van der Waals surface area contributed by atoms with Gasteiger partial charge in [0.1, 0.15) is 5.75 Å². The highest BCUT2D eigenvalue weighted by Gasteiger charge is 2.31. The van der Waals surface area contributed by atoms with Crippen LogP contribution in [0, 0.1) is 5.41 Å². The molecule has 0 fully saturated rings. The third-order valence-corrected chi connectivity index (χ3v) is 2.67. The van der Waals surface area contributed by atoms with Gasteiger partial charge in [0, 0.05) is 5.69 Å². The van der Waals surface area contributed by atoms with Crippen molar-refractivity contribution in [2.24, 2.45) is 21.9 Å². The number of amides is 1. The third kappa shape index (κ3) is 5.90. The topological polar surface area (TPSA) is 103 Å². The van der Waals surface area contributed by atoms with Gasteiger partial charge in [0.25, 0.3) is 0 Å². The molecule has 1 aromatic rings. The number of nitrogens with two attached hydrogens (primary N) is 2. The van der Waals surface area contributed by atoms with Crippen LogP contribution < -0.4 is 21.5 Å². The molecule has 0 aliphatic carbocycles. The molecule has 1 aromatic carbocycles. The molecule has 22 heavy (non-hydrogen) atoms. The quantitative estimate of drug-likeness (QED) is 0.569. The highest BCUT2D eigenvalue weighted by atomic mass is 19.4. The Morgan fingerprint density at radius 3 is 2.23 bits per heavy atom. The van der Waals surface area contributed by atoms with Crippen LogP contribution in [0.5, 0.6) is 5.75 Å². The van der Waals surface area contributed by atoms with Gasteiger partial charge < -0.3 is 21.5 Å². The molecule has 1 amide bonds. The number of guanidine groups is 1. The van der Waals surface area contributed by atoms with Crippen LogP contribution in [0.4, 0.5) is 18.9 Å². The van der Waals surface area contributed by atoms with E-state index in [-0.39, 0.29) is 18.3 Å². The van der Waals surface area contributed by atoms with Gasteiger partial charge in [-0.05, 0) is 38.1 Å². The summed E-state index contributed by atoms with van der Waals surface area (Å²) in [6.07, 6.45) is -4.74. The Kier molecular flexibility index (Phi) is 5.23. The van der Waals surface area contributed by atoms with Gasteiger partial charge in [-0.2, -0.15) is 0 Å². The van der Waals surface area contributed by atoms with Gasteiger partial charge in [-0.25, -0.2) is 0 Å². The zero-order valence-electron chi connectivity index (χ0n) is 12.1. The van der Waals surface area contributed by atoms with Crippen molar-refractivity contribution >= 4 is 17.6 Å². The molecule has 6 nitrogen and oxygen atoms in total. The summed E-state index contributed by atoms with van der Waals surface area (Å²) >= 11 is 0. The number of ether oxygens (including phenoxy) is 1. The number of hydrogen-bond acceptors (Lipinski definition) is 3. The Morgan fingerprint density at radius 1 is 1.23 bits per heavy atom. The number of primary amides is 1. The van der Waals surface area contributed by atoms with Gasteiger partial charge in [0.05, 0.1) is 12.0 Å². The van der Waals surface area contributed by atoms with Crippen LogP contribution in [0.25, 0.3) is 0 Å². The minimum atomic E-state index is -4.74. The van der Waals surface area contributed by atoms with Crippen LogP contribution in [-0.4, -0.2) is 24.8 Å². The van der Waals surface area contributed by atoms with E-state index in [0.29, 0.717) is 5.69 Å². The Hall–Kier alpha value is -2.45. The first-order valence-corrected chi connectivity index (χ1v) is 6.22. The molecule has 0 saturated heterocycles. The maximum absolute atomic E-state index is 12.0. The largest absolute Gasteiger partial charge is 0.573 e. The maximum atomic E-state index is 12.0. The second-order valence-electron chi connectivity index (χ2n) is 5.15. The molecule has 0 unspecified atom stereocenters. The zero-order valence-corrected chi connectivity index (χ0v) is 12.1. The zero-order chi connectivity index (χ0) is 17.0. The van der Waals surface area contributed by atoms with Crippen LogP contribution in [-0.2, 0) is 4.79 Å². The monoisotopic (exact) mass is 318 g/mol. The van der Waals surface area contributed by atoms with Crippen molar-refractivity contribution in [3.8, 4) is 5.75 Å². The summed E-state index contributed by atoms with van der Waals surface area (Å²) in [5.74, 6) is -0.847. The minimum absolute atomic E-state index is 0.0128. The molecule has 1 rings (SSSR count). The summed E-state index contributed by atoms with van der Waals surface area (Å²) in [5.41, 5.74) is 10.4. The number of halogens is 3. The van der Waals surface area contributed by atoms with Crippen molar-refractivity contribution in [1.29, 1.82) is 0 Å². The highest BCUT2D eigenvalue weighted by Crippen LogP contribution is 2.23. The first kappa shape index (κ1) is 17.6. The molecule has 0 saturated carbocycles. The van der Waals surface area contributed by atoms with Gasteiger partial charge in [-0.15, -0.1) is 13.2 Å². The van der Waals surface area contributed by atoms with Crippen molar-refractivity contribution in [3.05, 3.63) is 24.3 Å². The van der Waals surface area contributed by atoms with Crippen molar-refractivity contribution in [2.75, 3.05) is 11.9 Å². The number of benzene rings is 1. The fourth-order valence-electron chi connectivity index (χ4n) is 1.29. The average molecular weight is 318 g/mol. The van der Waals surface area contributed by atoms with Crippen LogP contribution in [0.2, 0.25) is 0 Å². The number of hydrogen-bond donors (Lipinski definition) is 3. The highest BCUT2D eigenvalue weighted by molar-refractivity contribution is 5.92. The van der Waals surface area contributed by atoms with Gasteiger partial charge >= 0.3 is 6.36 Å². The molecule has 0 atom stereocenters. The molecule has 0 spiro atoms. The molecular formula is C13H17F3N4O2. The van der Waals surface area contributed by atoms with E-state index in [2.05, 4.69) is 15.0 Å². The standard InChI is InChI=1S/C13H17F3N4O2/c1-12(2,10(17)21)7-19-11(18)20-8-3-5-9(6-4-8)22-13(14,15)16/h3-6H,7H2,1-2H3,(H2,17,21)(H3,18,19,20). The Labute approximate surface area is 125 Å². The molecule has 0 heterocycles. The Bertz CT molecular complexity index is 553. The lowest BCUT2D eigenvalue weighted by Gasteiger charge is -2.17. The molecule has 0 aliphatic heterocycles. The van der Waals surface area contributed by atoms with E-state index in [1.54, 1.807) is 13.8 Å². The maximum Gasteiger partial charge on any atom is 0.573 e. The SMILES string of the molecule is CC(C)(CN=C(N)Nc1ccc(OC(F)(F)F)cc1)C(N)=O. The first-order valence-electron chi connectivity index (χ1n) is 6.22. The number of aliphatic imine (C=N–C) groups is 1.